The summed E-state index contributed by atoms with van der Waals surface area (Å²) < 4.78 is 18.7. The van der Waals surface area contributed by atoms with Gasteiger partial charge in [0.05, 0.1) is 23.8 Å². The fourth-order valence-electron chi connectivity index (χ4n) is 3.92. The van der Waals surface area contributed by atoms with Crippen LogP contribution < -0.4 is 10.9 Å². The molecule has 2 aromatic carbocycles. The van der Waals surface area contributed by atoms with E-state index in [2.05, 4.69) is 15.5 Å². The second-order valence-corrected chi connectivity index (χ2v) is 7.73. The Kier molecular flexibility index (Phi) is 5.43. The summed E-state index contributed by atoms with van der Waals surface area (Å²) in [4.78, 5) is 26.0. The Labute approximate surface area is 187 Å². The van der Waals surface area contributed by atoms with E-state index < -0.39 is 0 Å². The smallest absolute Gasteiger partial charge is 0.277 e. The number of carbonyl (C=O) groups excluding carboxylic acids is 1. The van der Waals surface area contributed by atoms with Gasteiger partial charge in [-0.05, 0) is 54.4 Å². The highest BCUT2D eigenvalue weighted by Gasteiger charge is 2.15. The summed E-state index contributed by atoms with van der Waals surface area (Å²) in [6.07, 6.45) is 5.88. The van der Waals surface area contributed by atoms with Crippen LogP contribution in [0.4, 0.5) is 4.39 Å². The normalized spacial score (nSPS) is 11.3. The molecule has 0 aliphatic carbocycles. The summed E-state index contributed by atoms with van der Waals surface area (Å²) in [5, 5.41) is 11.3. The summed E-state index contributed by atoms with van der Waals surface area (Å²) in [7, 11) is 0. The molecule has 0 saturated heterocycles. The van der Waals surface area contributed by atoms with Crippen LogP contribution in [0.15, 0.2) is 78.0 Å². The van der Waals surface area contributed by atoms with E-state index in [9.17, 15) is 14.0 Å². The summed E-state index contributed by atoms with van der Waals surface area (Å²) in [6.45, 7) is 1.37. The van der Waals surface area contributed by atoms with Crippen LogP contribution in [-0.4, -0.2) is 36.4 Å². The average Bonchev–Trinajstić information content (AvgIpc) is 3.51. The molecule has 3 heterocycles. The molecule has 5 aromatic rings. The fourth-order valence-corrected chi connectivity index (χ4v) is 3.92. The van der Waals surface area contributed by atoms with Crippen molar-refractivity contribution in [1.82, 2.24) is 29.3 Å². The zero-order chi connectivity index (χ0) is 22.8. The number of hydrogen-bond donors (Lipinski definition) is 1. The number of aryl methyl sites for hydroxylation is 1. The van der Waals surface area contributed by atoms with Gasteiger partial charge < -0.3 is 9.88 Å². The lowest BCUT2D eigenvalue weighted by molar-refractivity contribution is 0.0952. The summed E-state index contributed by atoms with van der Waals surface area (Å²) >= 11 is 0. The standard InChI is InChI=1S/C24H21FN6O2/c25-19-5-1-4-17(14-19)16-30-22-15-18(23(32)26-9-2-12-29-13-3-10-27-29)6-7-20(22)31-21(24(30)33)8-11-28-31/h1,3-8,10-11,13-15H,2,9,12,16H2,(H,26,32). The quantitative estimate of drug-likeness (QED) is 0.391. The van der Waals surface area contributed by atoms with Gasteiger partial charge in [0, 0.05) is 31.0 Å². The van der Waals surface area contributed by atoms with Crippen molar-refractivity contribution in [2.24, 2.45) is 0 Å². The molecule has 166 valence electrons. The number of aromatic nitrogens is 5. The fraction of sp³-hybridized carbons (Fsp3) is 0.167. The zero-order valence-corrected chi connectivity index (χ0v) is 17.7. The van der Waals surface area contributed by atoms with Gasteiger partial charge in [0.15, 0.2) is 0 Å². The Hall–Kier alpha value is -4.27. The van der Waals surface area contributed by atoms with Crippen LogP contribution in [0.5, 0.6) is 0 Å². The third-order valence-electron chi connectivity index (χ3n) is 5.50. The average molecular weight is 444 g/mol. The molecule has 0 fully saturated rings. The highest BCUT2D eigenvalue weighted by Crippen LogP contribution is 2.18. The van der Waals surface area contributed by atoms with Crippen molar-refractivity contribution in [3.8, 4) is 0 Å². The van der Waals surface area contributed by atoms with Gasteiger partial charge in [-0.15, -0.1) is 0 Å². The number of carbonyl (C=O) groups is 1. The maximum Gasteiger partial charge on any atom is 0.277 e. The Balaban J connectivity index is 1.47. The highest BCUT2D eigenvalue weighted by atomic mass is 19.1. The Morgan fingerprint density at radius 2 is 1.88 bits per heavy atom. The van der Waals surface area contributed by atoms with Gasteiger partial charge in [-0.3, -0.25) is 14.3 Å². The van der Waals surface area contributed by atoms with E-state index in [1.165, 1.54) is 12.1 Å². The van der Waals surface area contributed by atoms with Crippen molar-refractivity contribution in [3.63, 3.8) is 0 Å². The Morgan fingerprint density at radius 3 is 2.70 bits per heavy atom. The van der Waals surface area contributed by atoms with Crippen molar-refractivity contribution in [2.45, 2.75) is 19.5 Å². The first-order valence-electron chi connectivity index (χ1n) is 10.6. The van der Waals surface area contributed by atoms with Crippen molar-refractivity contribution in [2.75, 3.05) is 6.54 Å². The molecule has 0 aliphatic heterocycles. The number of nitrogens with zero attached hydrogens (tertiary/aromatic N) is 5. The first kappa shape index (κ1) is 20.6. The molecule has 0 spiro atoms. The topological polar surface area (TPSA) is 86.2 Å². The number of halogens is 1. The molecule has 3 aromatic heterocycles. The molecule has 0 aliphatic rings. The van der Waals surface area contributed by atoms with Crippen molar-refractivity contribution in [1.29, 1.82) is 0 Å². The van der Waals surface area contributed by atoms with Crippen LogP contribution in [0.25, 0.3) is 16.6 Å². The lowest BCUT2D eigenvalue weighted by Gasteiger charge is -2.14. The first-order valence-corrected chi connectivity index (χ1v) is 10.6. The summed E-state index contributed by atoms with van der Waals surface area (Å²) in [5.41, 5.74) is 2.46. The Morgan fingerprint density at radius 1 is 0.970 bits per heavy atom. The lowest BCUT2D eigenvalue weighted by Crippen LogP contribution is -2.27. The molecule has 8 nitrogen and oxygen atoms in total. The molecule has 0 unspecified atom stereocenters. The molecule has 0 saturated carbocycles. The molecule has 0 bridgehead atoms. The third kappa shape index (κ3) is 4.12. The molecule has 1 amide bonds. The molecule has 5 rings (SSSR count). The number of nitrogens with one attached hydrogen (secondary N) is 1. The molecule has 0 atom stereocenters. The van der Waals surface area contributed by atoms with E-state index >= 15 is 0 Å². The lowest BCUT2D eigenvalue weighted by atomic mass is 10.1. The number of fused-ring (bicyclic) bond motifs is 3. The molecular weight excluding hydrogens is 423 g/mol. The maximum atomic E-state index is 13.7. The van der Waals surface area contributed by atoms with Crippen LogP contribution in [0.2, 0.25) is 0 Å². The monoisotopic (exact) mass is 444 g/mol. The molecule has 33 heavy (non-hydrogen) atoms. The number of rotatable bonds is 7. The van der Waals surface area contributed by atoms with E-state index in [0.29, 0.717) is 40.8 Å². The summed E-state index contributed by atoms with van der Waals surface area (Å²) in [5.74, 6) is -0.604. The van der Waals surface area contributed by atoms with E-state index in [4.69, 9.17) is 0 Å². The van der Waals surface area contributed by atoms with Gasteiger partial charge in [0.2, 0.25) is 0 Å². The summed E-state index contributed by atoms with van der Waals surface area (Å²) in [6, 6.07) is 14.8. The van der Waals surface area contributed by atoms with E-state index in [1.54, 1.807) is 57.9 Å². The number of benzene rings is 2. The van der Waals surface area contributed by atoms with E-state index in [1.807, 2.05) is 16.9 Å². The highest BCUT2D eigenvalue weighted by molar-refractivity contribution is 5.97. The van der Waals surface area contributed by atoms with Crippen LogP contribution >= 0.6 is 0 Å². The van der Waals surface area contributed by atoms with Crippen LogP contribution in [-0.2, 0) is 13.1 Å². The minimum atomic E-state index is -0.370. The maximum absolute atomic E-state index is 13.7. The van der Waals surface area contributed by atoms with Crippen LogP contribution in [0.1, 0.15) is 22.3 Å². The predicted octanol–water partition coefficient (Wildman–Crippen LogP) is 2.85. The number of hydrogen-bond acceptors (Lipinski definition) is 4. The van der Waals surface area contributed by atoms with Crippen LogP contribution in [0.3, 0.4) is 0 Å². The van der Waals surface area contributed by atoms with Gasteiger partial charge in [-0.2, -0.15) is 10.2 Å². The number of amides is 1. The van der Waals surface area contributed by atoms with Crippen molar-refractivity contribution in [3.05, 3.63) is 100 Å². The van der Waals surface area contributed by atoms with Gasteiger partial charge in [0.25, 0.3) is 11.5 Å². The van der Waals surface area contributed by atoms with Gasteiger partial charge >= 0.3 is 0 Å². The molecule has 9 heteroatoms. The first-order chi connectivity index (χ1) is 16.1. The minimum Gasteiger partial charge on any atom is -0.352 e. The van der Waals surface area contributed by atoms with Crippen molar-refractivity contribution >= 4 is 22.5 Å². The molecule has 1 N–H and O–H groups in total. The molecular formula is C24H21FN6O2. The van der Waals surface area contributed by atoms with Gasteiger partial charge in [-0.1, -0.05) is 12.1 Å². The Bertz CT molecular complexity index is 1500. The SMILES string of the molecule is O=C(NCCCn1cccn1)c1ccc2c(c1)n(Cc1cccc(F)c1)c(=O)c1ccnn12. The third-order valence-corrected chi connectivity index (χ3v) is 5.50. The zero-order valence-electron chi connectivity index (χ0n) is 17.7. The van der Waals surface area contributed by atoms with E-state index in [-0.39, 0.29) is 23.8 Å². The second-order valence-electron chi connectivity index (χ2n) is 7.73. The van der Waals surface area contributed by atoms with E-state index in [0.717, 1.165) is 6.42 Å². The predicted molar refractivity (Wildman–Crippen MR) is 122 cm³/mol. The van der Waals surface area contributed by atoms with Gasteiger partial charge in [-0.25, -0.2) is 8.91 Å². The van der Waals surface area contributed by atoms with Crippen LogP contribution in [0, 0.1) is 5.82 Å². The minimum absolute atomic E-state index is 0.170. The second kappa shape index (κ2) is 8.70. The van der Waals surface area contributed by atoms with Gasteiger partial charge in [0.1, 0.15) is 11.3 Å². The largest absolute Gasteiger partial charge is 0.352 e. The van der Waals surface area contributed by atoms with Crippen molar-refractivity contribution < 1.29 is 9.18 Å². The molecule has 0 radical (unpaired) electrons.